The smallest absolute Gasteiger partial charge is 0.266 e. The lowest BCUT2D eigenvalue weighted by Gasteiger charge is -2.32. The second kappa shape index (κ2) is 5.37. The summed E-state index contributed by atoms with van der Waals surface area (Å²) in [7, 11) is 0. The molecule has 5 heteroatoms. The molecule has 3 unspecified atom stereocenters. The van der Waals surface area contributed by atoms with Crippen LogP contribution in [0.15, 0.2) is 11.1 Å². The van der Waals surface area contributed by atoms with Crippen LogP contribution in [0.3, 0.4) is 0 Å². The zero-order chi connectivity index (χ0) is 12.4. The quantitative estimate of drug-likeness (QED) is 0.809. The van der Waals surface area contributed by atoms with Crippen molar-refractivity contribution >= 4 is 28.4 Å². The maximum absolute atomic E-state index is 11.5. The summed E-state index contributed by atoms with van der Waals surface area (Å²) < 4.78 is 0.649. The molecular formula is C12H18IN3O. The van der Waals surface area contributed by atoms with Crippen LogP contribution < -0.4 is 10.9 Å². The molecule has 1 aromatic heterocycles. The number of hydrogen-bond acceptors (Lipinski definition) is 3. The highest BCUT2D eigenvalue weighted by Crippen LogP contribution is 2.30. The molecule has 0 spiro atoms. The molecule has 3 atom stereocenters. The van der Waals surface area contributed by atoms with Gasteiger partial charge in [0, 0.05) is 6.04 Å². The molecule has 0 aliphatic heterocycles. The summed E-state index contributed by atoms with van der Waals surface area (Å²) in [4.78, 5) is 18.2. The highest BCUT2D eigenvalue weighted by atomic mass is 127. The van der Waals surface area contributed by atoms with Crippen molar-refractivity contribution in [2.75, 3.05) is 5.32 Å². The van der Waals surface area contributed by atoms with E-state index in [1.54, 1.807) is 0 Å². The maximum Gasteiger partial charge on any atom is 0.266 e. The summed E-state index contributed by atoms with van der Waals surface area (Å²) in [6, 6.07) is 0.448. The van der Waals surface area contributed by atoms with Gasteiger partial charge in [-0.2, -0.15) is 0 Å². The Bertz CT molecular complexity index is 446. The Hall–Kier alpha value is -0.590. The predicted molar refractivity (Wildman–Crippen MR) is 77.2 cm³/mol. The number of halogens is 1. The topological polar surface area (TPSA) is 57.8 Å². The molecule has 1 aliphatic rings. The first-order chi connectivity index (χ1) is 8.08. The van der Waals surface area contributed by atoms with Gasteiger partial charge in [-0.15, -0.1) is 0 Å². The van der Waals surface area contributed by atoms with E-state index >= 15 is 0 Å². The van der Waals surface area contributed by atoms with Crippen LogP contribution in [0.25, 0.3) is 0 Å². The van der Waals surface area contributed by atoms with Crippen LogP contribution in [0.5, 0.6) is 0 Å². The van der Waals surface area contributed by atoms with Gasteiger partial charge in [-0.25, -0.2) is 4.98 Å². The lowest BCUT2D eigenvalue weighted by Crippen LogP contribution is -2.31. The van der Waals surface area contributed by atoms with Crippen molar-refractivity contribution in [3.8, 4) is 0 Å². The SMILES string of the molecule is CC1CCC(Nc2nc[nH]c(=O)c2I)CC1C. The Labute approximate surface area is 115 Å². The van der Waals surface area contributed by atoms with Crippen molar-refractivity contribution in [2.45, 2.75) is 39.2 Å². The van der Waals surface area contributed by atoms with Crippen LogP contribution in [0.2, 0.25) is 0 Å². The number of nitrogens with zero attached hydrogens (tertiary/aromatic N) is 1. The van der Waals surface area contributed by atoms with E-state index in [2.05, 4.69) is 29.1 Å². The lowest BCUT2D eigenvalue weighted by molar-refractivity contribution is 0.260. The summed E-state index contributed by atoms with van der Waals surface area (Å²) in [6.07, 6.45) is 5.03. The van der Waals surface area contributed by atoms with Crippen LogP contribution in [0, 0.1) is 15.4 Å². The molecule has 1 saturated carbocycles. The molecule has 0 amide bonds. The van der Waals surface area contributed by atoms with Crippen molar-refractivity contribution < 1.29 is 0 Å². The van der Waals surface area contributed by atoms with Gasteiger partial charge in [-0.1, -0.05) is 13.8 Å². The highest BCUT2D eigenvalue weighted by Gasteiger charge is 2.25. The molecule has 0 aromatic carbocycles. The van der Waals surface area contributed by atoms with Crippen molar-refractivity contribution in [1.82, 2.24) is 9.97 Å². The maximum atomic E-state index is 11.5. The van der Waals surface area contributed by atoms with Crippen molar-refractivity contribution in [3.63, 3.8) is 0 Å². The zero-order valence-electron chi connectivity index (χ0n) is 10.2. The third-order valence-corrected chi connectivity index (χ3v) is 4.74. The average molecular weight is 347 g/mol. The Morgan fingerprint density at radius 3 is 2.88 bits per heavy atom. The molecule has 1 heterocycles. The number of aromatic amines is 1. The van der Waals surface area contributed by atoms with E-state index in [-0.39, 0.29) is 5.56 Å². The summed E-state index contributed by atoms with van der Waals surface area (Å²) >= 11 is 2.04. The molecule has 0 saturated heterocycles. The van der Waals surface area contributed by atoms with Gasteiger partial charge in [-0.3, -0.25) is 4.79 Å². The molecule has 1 aliphatic carbocycles. The molecule has 0 bridgehead atoms. The van der Waals surface area contributed by atoms with E-state index in [1.807, 2.05) is 22.6 Å². The van der Waals surface area contributed by atoms with E-state index in [0.717, 1.165) is 30.5 Å². The van der Waals surface area contributed by atoms with Crippen molar-refractivity contribution in [3.05, 3.63) is 20.3 Å². The first-order valence-corrected chi connectivity index (χ1v) is 7.15. The summed E-state index contributed by atoms with van der Waals surface area (Å²) in [6.45, 7) is 4.62. The van der Waals surface area contributed by atoms with Gasteiger partial charge in [0.1, 0.15) is 9.39 Å². The molecule has 0 radical (unpaired) electrons. The minimum Gasteiger partial charge on any atom is -0.366 e. The number of hydrogen-bond donors (Lipinski definition) is 2. The van der Waals surface area contributed by atoms with E-state index < -0.39 is 0 Å². The fourth-order valence-corrected chi connectivity index (χ4v) is 2.81. The normalized spacial score (nSPS) is 29.0. The molecule has 1 aromatic rings. The minimum absolute atomic E-state index is 0.0691. The summed E-state index contributed by atoms with van der Waals surface area (Å²) in [5, 5.41) is 3.40. The second-order valence-corrected chi connectivity index (χ2v) is 6.08. The average Bonchev–Trinajstić information content (AvgIpc) is 2.30. The lowest BCUT2D eigenvalue weighted by atomic mass is 9.79. The van der Waals surface area contributed by atoms with Crippen molar-refractivity contribution in [1.29, 1.82) is 0 Å². The summed E-state index contributed by atoms with van der Waals surface area (Å²) in [5.74, 6) is 2.27. The number of anilines is 1. The van der Waals surface area contributed by atoms with Gasteiger partial charge in [0.2, 0.25) is 0 Å². The van der Waals surface area contributed by atoms with Gasteiger partial charge in [-0.05, 0) is 53.7 Å². The van der Waals surface area contributed by atoms with E-state index in [9.17, 15) is 4.79 Å². The molecule has 2 N–H and O–H groups in total. The number of H-pyrrole nitrogens is 1. The Morgan fingerprint density at radius 1 is 1.41 bits per heavy atom. The van der Waals surface area contributed by atoms with Crippen molar-refractivity contribution in [2.24, 2.45) is 11.8 Å². The van der Waals surface area contributed by atoms with Crippen LogP contribution in [-0.4, -0.2) is 16.0 Å². The van der Waals surface area contributed by atoms with Crippen LogP contribution in [0.1, 0.15) is 33.1 Å². The second-order valence-electron chi connectivity index (χ2n) is 5.00. The third-order valence-electron chi connectivity index (χ3n) is 3.74. The number of rotatable bonds is 2. The first kappa shape index (κ1) is 12.9. The Morgan fingerprint density at radius 2 is 2.18 bits per heavy atom. The van der Waals surface area contributed by atoms with Crippen LogP contribution in [0.4, 0.5) is 5.82 Å². The molecule has 94 valence electrons. The number of nitrogens with one attached hydrogen (secondary N) is 2. The molecular weight excluding hydrogens is 329 g/mol. The fraction of sp³-hybridized carbons (Fsp3) is 0.667. The minimum atomic E-state index is -0.0691. The number of aromatic nitrogens is 2. The highest BCUT2D eigenvalue weighted by molar-refractivity contribution is 14.1. The molecule has 1 fully saturated rings. The fourth-order valence-electron chi connectivity index (χ4n) is 2.36. The predicted octanol–water partition coefficient (Wildman–Crippen LogP) is 2.61. The third kappa shape index (κ3) is 3.00. The first-order valence-electron chi connectivity index (χ1n) is 6.07. The molecule has 4 nitrogen and oxygen atoms in total. The van der Waals surface area contributed by atoms with Gasteiger partial charge in [0.15, 0.2) is 0 Å². The van der Waals surface area contributed by atoms with Gasteiger partial charge < -0.3 is 10.3 Å². The van der Waals surface area contributed by atoms with Gasteiger partial charge in [0.05, 0.1) is 6.33 Å². The zero-order valence-corrected chi connectivity index (χ0v) is 12.3. The van der Waals surface area contributed by atoms with E-state index in [4.69, 9.17) is 0 Å². The van der Waals surface area contributed by atoms with E-state index in [0.29, 0.717) is 9.61 Å². The monoisotopic (exact) mass is 347 g/mol. The Balaban J connectivity index is 2.06. The van der Waals surface area contributed by atoms with Gasteiger partial charge >= 0.3 is 0 Å². The summed E-state index contributed by atoms with van der Waals surface area (Å²) in [5.41, 5.74) is -0.0691. The van der Waals surface area contributed by atoms with E-state index in [1.165, 1.54) is 12.7 Å². The van der Waals surface area contributed by atoms with Crippen LogP contribution >= 0.6 is 22.6 Å². The molecule has 17 heavy (non-hydrogen) atoms. The Kier molecular flexibility index (Phi) is 4.06. The largest absolute Gasteiger partial charge is 0.366 e. The standard InChI is InChI=1S/C12H18IN3O/c1-7-3-4-9(5-8(7)2)16-11-10(13)12(17)15-6-14-11/h6-9H,3-5H2,1-2H3,(H2,14,15,16,17). The van der Waals surface area contributed by atoms with Gasteiger partial charge in [0.25, 0.3) is 5.56 Å². The van der Waals surface area contributed by atoms with Crippen LogP contribution in [-0.2, 0) is 0 Å². The molecule has 2 rings (SSSR count).